The number of hydrogen-bond acceptors (Lipinski definition) is 2. The maximum Gasteiger partial charge on any atom is 0.00203 e. The molecule has 2 heteroatoms. The third-order valence-corrected chi connectivity index (χ3v) is 4.01. The van der Waals surface area contributed by atoms with Crippen molar-refractivity contribution in [2.45, 2.75) is 25.7 Å². The summed E-state index contributed by atoms with van der Waals surface area (Å²) in [5.74, 6) is 2.00. The van der Waals surface area contributed by atoms with Gasteiger partial charge in [-0.15, -0.1) is 0 Å². The van der Waals surface area contributed by atoms with Gasteiger partial charge in [0.1, 0.15) is 0 Å². The largest absolute Gasteiger partial charge is 0.316 e. The highest BCUT2D eigenvalue weighted by Gasteiger charge is 2.42. The predicted octanol–water partition coefficient (Wildman–Crippen LogP) is 0.986. The molecule has 3 aliphatic rings. The minimum Gasteiger partial charge on any atom is -0.316 e. The van der Waals surface area contributed by atoms with Gasteiger partial charge in [-0.2, -0.15) is 0 Å². The van der Waals surface area contributed by atoms with Crippen LogP contribution in [0.15, 0.2) is 0 Å². The molecule has 0 aromatic rings. The fourth-order valence-corrected chi connectivity index (χ4v) is 3.28. The third kappa shape index (κ3) is 1.62. The molecule has 1 saturated carbocycles. The maximum atomic E-state index is 3.62. The van der Waals surface area contributed by atoms with E-state index in [2.05, 4.69) is 10.6 Å². The van der Waals surface area contributed by atoms with Crippen LogP contribution in [0.2, 0.25) is 0 Å². The van der Waals surface area contributed by atoms with Gasteiger partial charge in [0.2, 0.25) is 0 Å². The molecular formula is C11H20N2. The smallest absolute Gasteiger partial charge is 0.00203 e. The van der Waals surface area contributed by atoms with Crippen molar-refractivity contribution >= 4 is 0 Å². The van der Waals surface area contributed by atoms with Gasteiger partial charge in [-0.05, 0) is 43.2 Å². The lowest BCUT2D eigenvalue weighted by Gasteiger charge is -2.46. The fourth-order valence-electron chi connectivity index (χ4n) is 3.28. The Morgan fingerprint density at radius 1 is 1.08 bits per heavy atom. The molecule has 2 bridgehead atoms. The number of fused-ring (bicyclic) bond motifs is 2. The van der Waals surface area contributed by atoms with Crippen LogP contribution < -0.4 is 10.6 Å². The van der Waals surface area contributed by atoms with Crippen molar-refractivity contribution in [3.05, 3.63) is 0 Å². The normalized spacial score (nSPS) is 44.8. The minimum atomic E-state index is 0.641. The van der Waals surface area contributed by atoms with Crippen molar-refractivity contribution in [1.82, 2.24) is 10.6 Å². The summed E-state index contributed by atoms with van der Waals surface area (Å²) in [6.45, 7) is 5.04. The Morgan fingerprint density at radius 3 is 2.38 bits per heavy atom. The summed E-state index contributed by atoms with van der Waals surface area (Å²) >= 11 is 0. The lowest BCUT2D eigenvalue weighted by Crippen LogP contribution is -2.56. The molecular weight excluding hydrogens is 160 g/mol. The average Bonchev–Trinajstić information content (AvgIpc) is 2.88. The van der Waals surface area contributed by atoms with Crippen LogP contribution >= 0.6 is 0 Å². The van der Waals surface area contributed by atoms with Crippen LogP contribution in [-0.2, 0) is 0 Å². The van der Waals surface area contributed by atoms with Gasteiger partial charge in [0, 0.05) is 13.1 Å². The number of hydrogen-bond donors (Lipinski definition) is 2. The summed E-state index contributed by atoms with van der Waals surface area (Å²) < 4.78 is 0. The number of rotatable bonds is 2. The van der Waals surface area contributed by atoms with Gasteiger partial charge in [-0.1, -0.05) is 12.8 Å². The van der Waals surface area contributed by atoms with Crippen LogP contribution in [0.1, 0.15) is 25.7 Å². The highest BCUT2D eigenvalue weighted by molar-refractivity contribution is 4.97. The average molecular weight is 180 g/mol. The topological polar surface area (TPSA) is 24.1 Å². The van der Waals surface area contributed by atoms with Crippen LogP contribution in [0.4, 0.5) is 0 Å². The van der Waals surface area contributed by atoms with E-state index in [1.165, 1.54) is 51.9 Å². The monoisotopic (exact) mass is 180 g/mol. The van der Waals surface area contributed by atoms with E-state index in [0.717, 1.165) is 11.8 Å². The zero-order chi connectivity index (χ0) is 8.73. The Kier molecular flexibility index (Phi) is 1.88. The van der Waals surface area contributed by atoms with E-state index in [-0.39, 0.29) is 0 Å². The van der Waals surface area contributed by atoms with Crippen molar-refractivity contribution in [2.24, 2.45) is 17.3 Å². The number of piperidine rings is 2. The van der Waals surface area contributed by atoms with Gasteiger partial charge in [0.15, 0.2) is 0 Å². The second kappa shape index (κ2) is 2.96. The van der Waals surface area contributed by atoms with Gasteiger partial charge in [0.05, 0.1) is 0 Å². The molecule has 0 spiro atoms. The molecule has 0 aromatic carbocycles. The molecule has 3 fully saturated rings. The standard InChI is InChI=1S/C11H20N2/c1-2-9(1)3-11-4-10(5-12-7-11)6-13-8-11/h9-10,12-13H,1-8H2. The summed E-state index contributed by atoms with van der Waals surface area (Å²) in [6.07, 6.45) is 5.99. The van der Waals surface area contributed by atoms with Crippen molar-refractivity contribution < 1.29 is 0 Å². The third-order valence-electron chi connectivity index (χ3n) is 4.01. The quantitative estimate of drug-likeness (QED) is 0.662. The molecule has 0 amide bonds. The Hall–Kier alpha value is -0.0800. The second-order valence-corrected chi connectivity index (χ2v) is 5.48. The Morgan fingerprint density at radius 2 is 1.77 bits per heavy atom. The lowest BCUT2D eigenvalue weighted by molar-refractivity contribution is 0.0962. The lowest BCUT2D eigenvalue weighted by atomic mass is 9.70. The van der Waals surface area contributed by atoms with E-state index >= 15 is 0 Å². The molecule has 2 N–H and O–H groups in total. The molecule has 13 heavy (non-hydrogen) atoms. The highest BCUT2D eigenvalue weighted by atomic mass is 15.0. The van der Waals surface area contributed by atoms with E-state index in [0.29, 0.717) is 5.41 Å². The maximum absolute atomic E-state index is 3.62. The summed E-state index contributed by atoms with van der Waals surface area (Å²) in [5.41, 5.74) is 0.641. The number of nitrogens with one attached hydrogen (secondary N) is 2. The molecule has 2 heterocycles. The molecule has 0 atom stereocenters. The molecule has 0 radical (unpaired) electrons. The van der Waals surface area contributed by atoms with E-state index in [9.17, 15) is 0 Å². The van der Waals surface area contributed by atoms with Gasteiger partial charge in [-0.3, -0.25) is 0 Å². The van der Waals surface area contributed by atoms with Crippen LogP contribution in [0.25, 0.3) is 0 Å². The van der Waals surface area contributed by atoms with E-state index < -0.39 is 0 Å². The van der Waals surface area contributed by atoms with Crippen LogP contribution in [0.3, 0.4) is 0 Å². The molecule has 3 rings (SSSR count). The summed E-state index contributed by atoms with van der Waals surface area (Å²) in [6, 6.07) is 0. The molecule has 0 unspecified atom stereocenters. The van der Waals surface area contributed by atoms with Gasteiger partial charge < -0.3 is 10.6 Å². The molecule has 1 aliphatic carbocycles. The predicted molar refractivity (Wildman–Crippen MR) is 53.6 cm³/mol. The van der Waals surface area contributed by atoms with Gasteiger partial charge >= 0.3 is 0 Å². The zero-order valence-electron chi connectivity index (χ0n) is 8.31. The first-order chi connectivity index (χ1) is 6.36. The summed E-state index contributed by atoms with van der Waals surface area (Å²) in [5, 5.41) is 7.24. The highest BCUT2D eigenvalue weighted by Crippen LogP contribution is 2.45. The van der Waals surface area contributed by atoms with E-state index in [1.54, 1.807) is 0 Å². The molecule has 2 saturated heterocycles. The molecule has 0 aromatic heterocycles. The van der Waals surface area contributed by atoms with Gasteiger partial charge in [-0.25, -0.2) is 0 Å². The Bertz CT molecular complexity index is 184. The minimum absolute atomic E-state index is 0.641. The summed E-state index contributed by atoms with van der Waals surface area (Å²) in [7, 11) is 0. The van der Waals surface area contributed by atoms with Crippen molar-refractivity contribution in [3.8, 4) is 0 Å². The SMILES string of the molecule is C1CC1CC12CNCC(CNC1)C2. The van der Waals surface area contributed by atoms with E-state index in [4.69, 9.17) is 0 Å². The second-order valence-electron chi connectivity index (χ2n) is 5.48. The van der Waals surface area contributed by atoms with Crippen molar-refractivity contribution in [2.75, 3.05) is 26.2 Å². The molecule has 2 nitrogen and oxygen atoms in total. The van der Waals surface area contributed by atoms with Crippen LogP contribution in [0.5, 0.6) is 0 Å². The fraction of sp³-hybridized carbons (Fsp3) is 1.00. The first-order valence-electron chi connectivity index (χ1n) is 5.78. The first-order valence-corrected chi connectivity index (χ1v) is 5.78. The summed E-state index contributed by atoms with van der Waals surface area (Å²) in [4.78, 5) is 0. The Balaban J connectivity index is 1.70. The van der Waals surface area contributed by atoms with Crippen LogP contribution in [-0.4, -0.2) is 26.2 Å². The zero-order valence-corrected chi connectivity index (χ0v) is 8.31. The van der Waals surface area contributed by atoms with Crippen LogP contribution in [0, 0.1) is 17.3 Å². The van der Waals surface area contributed by atoms with Crippen molar-refractivity contribution in [3.63, 3.8) is 0 Å². The molecule has 2 aliphatic heterocycles. The van der Waals surface area contributed by atoms with Crippen molar-refractivity contribution in [1.29, 1.82) is 0 Å². The van der Waals surface area contributed by atoms with Gasteiger partial charge in [0.25, 0.3) is 0 Å². The molecule has 74 valence electrons. The van der Waals surface area contributed by atoms with E-state index in [1.807, 2.05) is 0 Å². The Labute approximate surface area is 80.5 Å². The first kappa shape index (κ1) is 8.25.